The number of hydrogen-bond donors (Lipinski definition) is 3. The van der Waals surface area contributed by atoms with Crippen LogP contribution < -0.4 is 10.6 Å². The van der Waals surface area contributed by atoms with Crippen LogP contribution >= 0.6 is 0 Å². The predicted octanol–water partition coefficient (Wildman–Crippen LogP) is 0.963. The van der Waals surface area contributed by atoms with Gasteiger partial charge in [0.05, 0.1) is 30.1 Å². The van der Waals surface area contributed by atoms with Crippen LogP contribution in [0.3, 0.4) is 0 Å². The number of hydrogen-bond acceptors (Lipinski definition) is 5. The van der Waals surface area contributed by atoms with Crippen LogP contribution in [0, 0.1) is 11.8 Å². The van der Waals surface area contributed by atoms with Crippen LogP contribution in [0.15, 0.2) is 0 Å². The zero-order valence-electron chi connectivity index (χ0n) is 18.9. The van der Waals surface area contributed by atoms with Gasteiger partial charge in [-0.25, -0.2) is 0 Å². The van der Waals surface area contributed by atoms with Crippen molar-refractivity contribution in [3.05, 3.63) is 0 Å². The second-order valence-corrected chi connectivity index (χ2v) is 9.28. The maximum Gasteiger partial charge on any atom is 0.246 e. The van der Waals surface area contributed by atoms with E-state index in [9.17, 15) is 19.5 Å². The van der Waals surface area contributed by atoms with E-state index in [0.717, 1.165) is 6.42 Å². The minimum absolute atomic E-state index is 0.0958. The van der Waals surface area contributed by atoms with Gasteiger partial charge in [0.25, 0.3) is 0 Å². The van der Waals surface area contributed by atoms with E-state index in [1.54, 1.807) is 0 Å². The first-order valence-electron chi connectivity index (χ1n) is 11.4. The highest BCUT2D eigenvalue weighted by Gasteiger charge is 2.79. The minimum atomic E-state index is -1.02. The number of nitrogens with zero attached hydrogens (tertiary/aromatic N) is 1. The molecule has 3 fully saturated rings. The lowest BCUT2D eigenvalue weighted by molar-refractivity contribution is -0.151. The van der Waals surface area contributed by atoms with E-state index in [1.807, 2.05) is 34.6 Å². The van der Waals surface area contributed by atoms with Gasteiger partial charge in [-0.3, -0.25) is 14.4 Å². The van der Waals surface area contributed by atoms with Crippen LogP contribution in [-0.4, -0.2) is 70.2 Å². The first-order chi connectivity index (χ1) is 14.2. The van der Waals surface area contributed by atoms with Crippen LogP contribution in [-0.2, 0) is 19.1 Å². The van der Waals surface area contributed by atoms with Crippen molar-refractivity contribution in [1.82, 2.24) is 15.5 Å². The molecule has 8 nitrogen and oxygen atoms in total. The van der Waals surface area contributed by atoms with E-state index in [1.165, 1.54) is 4.90 Å². The zero-order chi connectivity index (χ0) is 22.3. The third-order valence-corrected chi connectivity index (χ3v) is 7.21. The molecule has 2 unspecified atom stereocenters. The number of fused-ring (bicyclic) bond motifs is 1. The molecule has 6 atom stereocenters. The number of likely N-dealkylation sites (tertiary alicyclic amines) is 1. The van der Waals surface area contributed by atoms with Gasteiger partial charge >= 0.3 is 0 Å². The molecule has 3 aliphatic rings. The van der Waals surface area contributed by atoms with Gasteiger partial charge in [-0.05, 0) is 46.0 Å². The molecule has 0 radical (unpaired) electrons. The molecule has 3 heterocycles. The van der Waals surface area contributed by atoms with Crippen LogP contribution in [0.2, 0.25) is 0 Å². The van der Waals surface area contributed by atoms with E-state index < -0.39 is 35.1 Å². The molecule has 30 heavy (non-hydrogen) atoms. The summed E-state index contributed by atoms with van der Waals surface area (Å²) in [5.41, 5.74) is -1.75. The van der Waals surface area contributed by atoms with Crippen LogP contribution in [0.5, 0.6) is 0 Å². The molecule has 0 aromatic heterocycles. The molecule has 0 saturated carbocycles. The Labute approximate surface area is 179 Å². The fourth-order valence-corrected chi connectivity index (χ4v) is 5.88. The highest BCUT2D eigenvalue weighted by Crippen LogP contribution is 2.64. The number of aliphatic hydroxyl groups is 1. The van der Waals surface area contributed by atoms with Gasteiger partial charge in [0, 0.05) is 12.6 Å². The van der Waals surface area contributed by atoms with Crippen molar-refractivity contribution in [2.75, 3.05) is 13.2 Å². The van der Waals surface area contributed by atoms with Crippen molar-refractivity contribution in [3.63, 3.8) is 0 Å². The molecule has 0 aromatic carbocycles. The molecule has 1 spiro atoms. The average molecular weight is 424 g/mol. The number of ether oxygens (including phenoxy) is 1. The highest BCUT2D eigenvalue weighted by atomic mass is 16.5. The first-order valence-corrected chi connectivity index (χ1v) is 11.4. The number of carbonyl (C=O) groups excluding carboxylic acids is 3. The molecule has 0 aliphatic carbocycles. The monoisotopic (exact) mass is 423 g/mol. The van der Waals surface area contributed by atoms with Crippen molar-refractivity contribution in [3.8, 4) is 0 Å². The van der Waals surface area contributed by atoms with Gasteiger partial charge in [-0.2, -0.15) is 0 Å². The topological polar surface area (TPSA) is 108 Å². The summed E-state index contributed by atoms with van der Waals surface area (Å²) in [7, 11) is 0. The number of rotatable bonds is 9. The molecule has 3 rings (SSSR count). The third kappa shape index (κ3) is 3.23. The second kappa shape index (κ2) is 8.46. The summed E-state index contributed by atoms with van der Waals surface area (Å²) in [5.74, 6) is -2.00. The van der Waals surface area contributed by atoms with E-state index in [2.05, 4.69) is 10.6 Å². The molecule has 3 saturated heterocycles. The van der Waals surface area contributed by atoms with Crippen molar-refractivity contribution < 1.29 is 24.2 Å². The van der Waals surface area contributed by atoms with E-state index >= 15 is 0 Å². The second-order valence-electron chi connectivity index (χ2n) is 9.28. The molecule has 170 valence electrons. The average Bonchev–Trinajstić information content (AvgIpc) is 3.31. The summed E-state index contributed by atoms with van der Waals surface area (Å²) in [4.78, 5) is 41.8. The molecule has 3 aliphatic heterocycles. The SMILES string of the molecule is CCCNC(=O)[C@H]1[C@H]2C(=O)N([C@@H](CC)CO)C(C(=O)NC(C)C)C23CC[C@]1(CC)O3. The Morgan fingerprint density at radius 1 is 1.23 bits per heavy atom. The van der Waals surface area contributed by atoms with Gasteiger partial charge in [0.1, 0.15) is 11.6 Å². The summed E-state index contributed by atoms with van der Waals surface area (Å²) in [6.45, 7) is 9.90. The molecule has 3 amide bonds. The molecular formula is C22H37N3O5. The quantitative estimate of drug-likeness (QED) is 0.512. The maximum absolute atomic E-state index is 13.8. The maximum atomic E-state index is 13.8. The largest absolute Gasteiger partial charge is 0.394 e. The zero-order valence-corrected chi connectivity index (χ0v) is 18.9. The van der Waals surface area contributed by atoms with Gasteiger partial charge in [0.15, 0.2) is 0 Å². The number of amides is 3. The fourth-order valence-electron chi connectivity index (χ4n) is 5.88. The molecular weight excluding hydrogens is 386 g/mol. The van der Waals surface area contributed by atoms with Gasteiger partial charge in [0.2, 0.25) is 17.7 Å². The number of aliphatic hydroxyl groups excluding tert-OH is 1. The number of nitrogens with one attached hydrogen (secondary N) is 2. The van der Waals surface area contributed by atoms with Crippen molar-refractivity contribution >= 4 is 17.7 Å². The lowest BCUT2D eigenvalue weighted by Gasteiger charge is -2.37. The third-order valence-electron chi connectivity index (χ3n) is 7.21. The Morgan fingerprint density at radius 3 is 2.47 bits per heavy atom. The Balaban J connectivity index is 2.09. The lowest BCUT2D eigenvalue weighted by Crippen LogP contribution is -2.58. The first kappa shape index (κ1) is 23.0. The standard InChI is InChI=1S/C22H37N3O5/c1-6-11-23-18(27)15-16-20(29)25(14(7-2)12-26)17(19(28)24-13(4)5)22(16)10-9-21(15,8-3)30-22/h13-17,26H,6-12H2,1-5H3,(H,23,27)(H,24,28)/t14-,15+,16-,17?,21-,22?/m0/s1. The van der Waals surface area contributed by atoms with E-state index in [-0.39, 0.29) is 30.4 Å². The molecule has 8 heteroatoms. The van der Waals surface area contributed by atoms with E-state index in [4.69, 9.17) is 4.74 Å². The highest BCUT2D eigenvalue weighted by molar-refractivity contribution is 5.99. The molecule has 2 bridgehead atoms. The fraction of sp³-hybridized carbons (Fsp3) is 0.864. The summed E-state index contributed by atoms with van der Waals surface area (Å²) in [6.07, 6.45) is 3.13. The Kier molecular flexibility index (Phi) is 6.49. The summed E-state index contributed by atoms with van der Waals surface area (Å²) in [5, 5.41) is 15.9. The Bertz CT molecular complexity index is 694. The summed E-state index contributed by atoms with van der Waals surface area (Å²) < 4.78 is 6.62. The summed E-state index contributed by atoms with van der Waals surface area (Å²) in [6, 6.07) is -1.42. The van der Waals surface area contributed by atoms with Gasteiger partial charge < -0.3 is 25.4 Å². The van der Waals surface area contributed by atoms with Crippen molar-refractivity contribution in [1.29, 1.82) is 0 Å². The van der Waals surface area contributed by atoms with Gasteiger partial charge in [-0.1, -0.05) is 20.8 Å². The van der Waals surface area contributed by atoms with E-state index in [0.29, 0.717) is 32.2 Å². The predicted molar refractivity (Wildman–Crippen MR) is 111 cm³/mol. The van der Waals surface area contributed by atoms with Crippen molar-refractivity contribution in [2.45, 2.75) is 96.1 Å². The normalized spacial score (nSPS) is 35.6. The Hall–Kier alpha value is -1.67. The number of carbonyl (C=O) groups is 3. The summed E-state index contributed by atoms with van der Waals surface area (Å²) >= 11 is 0. The molecule has 0 aromatic rings. The van der Waals surface area contributed by atoms with Gasteiger partial charge in [-0.15, -0.1) is 0 Å². The molecule has 3 N–H and O–H groups in total. The smallest absolute Gasteiger partial charge is 0.246 e. The Morgan fingerprint density at radius 2 is 1.93 bits per heavy atom. The lowest BCUT2D eigenvalue weighted by atomic mass is 9.65. The van der Waals surface area contributed by atoms with Crippen LogP contribution in [0.25, 0.3) is 0 Å². The van der Waals surface area contributed by atoms with Crippen LogP contribution in [0.1, 0.15) is 66.7 Å². The van der Waals surface area contributed by atoms with Crippen molar-refractivity contribution in [2.24, 2.45) is 11.8 Å². The minimum Gasteiger partial charge on any atom is -0.394 e. The van der Waals surface area contributed by atoms with Crippen LogP contribution in [0.4, 0.5) is 0 Å².